The molecule has 1 heterocycles. The van der Waals surface area contributed by atoms with Crippen molar-refractivity contribution in [2.45, 2.75) is 13.1 Å². The van der Waals surface area contributed by atoms with E-state index < -0.39 is 8.07 Å². The average molecular weight is 845 g/mol. The number of fused-ring (bicyclic) bond motifs is 10. The van der Waals surface area contributed by atoms with Gasteiger partial charge >= 0.3 is 0 Å². The van der Waals surface area contributed by atoms with Gasteiger partial charge in [0.05, 0.1) is 0 Å². The maximum atomic E-state index is 2.54. The Morgan fingerprint density at radius 1 is 0.262 bits per heavy atom. The monoisotopic (exact) mass is 844 g/mol. The lowest BCUT2D eigenvalue weighted by molar-refractivity contribution is 1.29. The molecule has 306 valence electrons. The minimum absolute atomic E-state index is 1.13. The molecule has 12 aromatic carbocycles. The van der Waals surface area contributed by atoms with Crippen LogP contribution in [0.3, 0.4) is 0 Å². The molecule has 0 amide bonds. The summed E-state index contributed by atoms with van der Waals surface area (Å²) in [7, 11) is -2.23. The van der Waals surface area contributed by atoms with Crippen LogP contribution in [0.5, 0.6) is 0 Å². The van der Waals surface area contributed by atoms with Crippen LogP contribution in [-0.4, -0.2) is 8.07 Å². The van der Waals surface area contributed by atoms with Crippen LogP contribution in [0.2, 0.25) is 13.1 Å². The van der Waals surface area contributed by atoms with Gasteiger partial charge in [0.2, 0.25) is 0 Å². The predicted molar refractivity (Wildman–Crippen MR) is 283 cm³/mol. The highest BCUT2D eigenvalue weighted by molar-refractivity contribution is 7.03. The number of hydrogen-bond donors (Lipinski definition) is 0. The highest BCUT2D eigenvalue weighted by Crippen LogP contribution is 2.44. The van der Waals surface area contributed by atoms with Gasteiger partial charge in [0.25, 0.3) is 0 Å². The Balaban J connectivity index is 0.959. The van der Waals surface area contributed by atoms with Gasteiger partial charge in [0, 0.05) is 34.1 Å². The Hall–Kier alpha value is -7.98. The molecule has 0 aromatic heterocycles. The summed E-state index contributed by atoms with van der Waals surface area (Å²) in [5, 5.41) is 18.3. The van der Waals surface area contributed by atoms with Crippen LogP contribution in [-0.2, 0) is 0 Å². The van der Waals surface area contributed by atoms with Gasteiger partial charge in [-0.1, -0.05) is 165 Å². The fourth-order valence-corrected chi connectivity index (χ4v) is 14.1. The van der Waals surface area contributed by atoms with E-state index in [9.17, 15) is 0 Å². The summed E-state index contributed by atoms with van der Waals surface area (Å²) >= 11 is 0. The molecule has 3 heteroatoms. The average Bonchev–Trinajstić information content (AvgIpc) is 3.36. The molecule has 0 unspecified atom stereocenters. The van der Waals surface area contributed by atoms with E-state index in [0.29, 0.717) is 0 Å². The minimum Gasteiger partial charge on any atom is -0.310 e. The minimum atomic E-state index is -2.23. The van der Waals surface area contributed by atoms with Crippen molar-refractivity contribution in [2.75, 3.05) is 9.80 Å². The number of nitrogens with zero attached hydrogens (tertiary/aromatic N) is 2. The Morgan fingerprint density at radius 2 is 0.708 bits per heavy atom. The first-order valence-corrected chi connectivity index (χ1v) is 25.7. The van der Waals surface area contributed by atoms with Crippen molar-refractivity contribution < 1.29 is 0 Å². The molecule has 13 rings (SSSR count). The van der Waals surface area contributed by atoms with Gasteiger partial charge in [-0.25, -0.2) is 0 Å². The molecular formula is C62H44N2Si. The molecule has 1 aliphatic rings. The molecule has 0 saturated heterocycles. The molecular weight excluding hydrogens is 801 g/mol. The third-order valence-corrected chi connectivity index (χ3v) is 17.6. The van der Waals surface area contributed by atoms with Crippen molar-refractivity contribution in [2.24, 2.45) is 0 Å². The van der Waals surface area contributed by atoms with E-state index in [1.54, 1.807) is 0 Å². The third kappa shape index (κ3) is 5.93. The van der Waals surface area contributed by atoms with Crippen molar-refractivity contribution in [1.29, 1.82) is 0 Å². The highest BCUT2D eigenvalue weighted by Gasteiger charge is 2.36. The van der Waals surface area contributed by atoms with E-state index >= 15 is 0 Å². The Kier molecular flexibility index (Phi) is 8.40. The van der Waals surface area contributed by atoms with E-state index in [2.05, 4.69) is 253 Å². The van der Waals surface area contributed by atoms with Crippen LogP contribution in [0.25, 0.3) is 75.8 Å². The van der Waals surface area contributed by atoms with Gasteiger partial charge < -0.3 is 9.80 Å². The van der Waals surface area contributed by atoms with Gasteiger partial charge in [-0.3, -0.25) is 0 Å². The number of para-hydroxylation sites is 2. The first kappa shape index (κ1) is 37.6. The molecule has 0 atom stereocenters. The van der Waals surface area contributed by atoms with E-state index in [1.165, 1.54) is 91.8 Å². The van der Waals surface area contributed by atoms with Gasteiger partial charge in [-0.2, -0.15) is 0 Å². The van der Waals surface area contributed by atoms with Crippen molar-refractivity contribution in [3.8, 4) is 11.1 Å². The Labute approximate surface area is 379 Å². The fourth-order valence-electron chi connectivity index (χ4n) is 11.0. The smallest absolute Gasteiger partial charge is 0.113 e. The maximum absolute atomic E-state index is 2.54. The van der Waals surface area contributed by atoms with Gasteiger partial charge in [-0.05, 0) is 165 Å². The summed E-state index contributed by atoms with van der Waals surface area (Å²) in [5.74, 6) is 0. The first-order chi connectivity index (χ1) is 32.0. The lowest BCUT2D eigenvalue weighted by Crippen LogP contribution is -2.56. The van der Waals surface area contributed by atoms with Gasteiger partial charge in [0.1, 0.15) is 8.07 Å². The van der Waals surface area contributed by atoms with Crippen molar-refractivity contribution in [3.05, 3.63) is 231 Å². The maximum Gasteiger partial charge on any atom is 0.113 e. The molecule has 0 spiro atoms. The van der Waals surface area contributed by atoms with Crippen molar-refractivity contribution in [3.63, 3.8) is 0 Å². The standard InChI is InChI=1S/C62H44N2Si/c1-65(2)60-23-13-22-57-58-39-50(63(46-16-5-3-6-17-46)48-30-33-54-43(36-48)26-24-41-14-9-11-20-52(41)54)29-28-45(58)38-59(62(57)60)56-35-32-51(40-61(56)65)64(47-18-7-4-8-19-47)49-31-34-55-44(37-49)27-25-42-15-10-12-21-53(42)55/h3-40H,1-2H3. The predicted octanol–water partition coefficient (Wildman–Crippen LogP) is 16.3. The second kappa shape index (κ2) is 14.5. The lowest BCUT2D eigenvalue weighted by Gasteiger charge is -2.35. The third-order valence-electron chi connectivity index (χ3n) is 14.1. The highest BCUT2D eigenvalue weighted by atomic mass is 28.3. The molecule has 0 saturated carbocycles. The second-order valence-corrected chi connectivity index (χ2v) is 22.5. The molecule has 0 N–H and O–H groups in total. The van der Waals surface area contributed by atoms with E-state index in [1.807, 2.05) is 0 Å². The van der Waals surface area contributed by atoms with E-state index in [-0.39, 0.29) is 0 Å². The summed E-state index contributed by atoms with van der Waals surface area (Å²) in [5.41, 5.74) is 9.58. The summed E-state index contributed by atoms with van der Waals surface area (Å²) in [6.07, 6.45) is 0. The molecule has 0 bridgehead atoms. The Bertz CT molecular complexity index is 3880. The van der Waals surface area contributed by atoms with Crippen LogP contribution in [0.15, 0.2) is 231 Å². The lowest BCUT2D eigenvalue weighted by atomic mass is 9.92. The molecule has 65 heavy (non-hydrogen) atoms. The Morgan fingerprint density at radius 3 is 1.32 bits per heavy atom. The number of benzene rings is 12. The topological polar surface area (TPSA) is 6.48 Å². The molecule has 1 aliphatic heterocycles. The normalized spacial score (nSPS) is 12.9. The van der Waals surface area contributed by atoms with Crippen LogP contribution in [0.4, 0.5) is 34.1 Å². The largest absolute Gasteiger partial charge is 0.310 e. The van der Waals surface area contributed by atoms with E-state index in [4.69, 9.17) is 0 Å². The number of rotatable bonds is 6. The molecule has 0 fully saturated rings. The van der Waals surface area contributed by atoms with Crippen molar-refractivity contribution in [1.82, 2.24) is 0 Å². The number of hydrogen-bond acceptors (Lipinski definition) is 2. The van der Waals surface area contributed by atoms with Crippen LogP contribution in [0, 0.1) is 0 Å². The zero-order valence-electron chi connectivity index (χ0n) is 36.3. The molecule has 12 aromatic rings. The summed E-state index contributed by atoms with van der Waals surface area (Å²) in [6.45, 7) is 5.09. The van der Waals surface area contributed by atoms with Gasteiger partial charge in [0.15, 0.2) is 0 Å². The zero-order chi connectivity index (χ0) is 43.2. The SMILES string of the molecule is C[Si]1(C)c2cc(N(c3ccccc3)c3ccc4c(ccc5ccccc54)c3)ccc2-c2cc3ccc(N(c4ccccc4)c4ccc5c(ccc6ccccc65)c4)cc3c3cccc1c23. The zero-order valence-corrected chi connectivity index (χ0v) is 37.3. The van der Waals surface area contributed by atoms with Crippen molar-refractivity contribution >= 4 is 117 Å². The quantitative estimate of drug-likeness (QED) is 0.122. The summed E-state index contributed by atoms with van der Waals surface area (Å²) < 4.78 is 0. The van der Waals surface area contributed by atoms with E-state index in [0.717, 1.165) is 28.4 Å². The fraction of sp³-hybridized carbons (Fsp3) is 0.0323. The molecule has 0 radical (unpaired) electrons. The number of anilines is 6. The van der Waals surface area contributed by atoms with Crippen LogP contribution in [0.1, 0.15) is 0 Å². The van der Waals surface area contributed by atoms with Crippen LogP contribution >= 0.6 is 0 Å². The van der Waals surface area contributed by atoms with Crippen LogP contribution < -0.4 is 20.2 Å². The molecule has 2 nitrogen and oxygen atoms in total. The first-order valence-electron chi connectivity index (χ1n) is 22.7. The second-order valence-electron chi connectivity index (χ2n) is 18.1. The summed E-state index contributed by atoms with van der Waals surface area (Å²) in [6, 6.07) is 85.7. The van der Waals surface area contributed by atoms with Gasteiger partial charge in [-0.15, -0.1) is 0 Å². The molecule has 0 aliphatic carbocycles. The summed E-state index contributed by atoms with van der Waals surface area (Å²) in [4.78, 5) is 4.85.